The van der Waals surface area contributed by atoms with Gasteiger partial charge in [0.05, 0.1) is 47.6 Å². The van der Waals surface area contributed by atoms with Crippen LogP contribution in [0, 0.1) is 29.6 Å². The summed E-state index contributed by atoms with van der Waals surface area (Å²) in [5, 5.41) is 45.3. The van der Waals surface area contributed by atoms with Crippen molar-refractivity contribution in [2.24, 2.45) is 29.6 Å². The SMILES string of the molecule is CO[C@]1(C)CC(O[C@H]2[C@H](C)[C@@H](OC3O[C@H](C)C[C@H](N(C)C)[C@H]3O)[C@@](C)(OC)C[C@@H](C)C(=O)[C@H](C)[C@@H](O)[C@@]3(O)C(C)[C@H]3OC(=O)[C@@H]2C)O[C@@H](C)[C@@H]1O. The van der Waals surface area contributed by atoms with E-state index < -0.39 is 108 Å². The lowest BCUT2D eigenvalue weighted by molar-refractivity contribution is -0.319. The van der Waals surface area contributed by atoms with Crippen molar-refractivity contribution >= 4 is 11.8 Å². The summed E-state index contributed by atoms with van der Waals surface area (Å²) in [6, 6.07) is -0.278. The molecule has 14 heteroatoms. The van der Waals surface area contributed by atoms with Gasteiger partial charge in [-0.15, -0.1) is 0 Å². The van der Waals surface area contributed by atoms with Gasteiger partial charge in [-0.2, -0.15) is 0 Å². The van der Waals surface area contributed by atoms with Gasteiger partial charge in [-0.1, -0.05) is 27.7 Å². The molecule has 4 rings (SSSR count). The first kappa shape index (κ1) is 42.4. The van der Waals surface area contributed by atoms with E-state index >= 15 is 0 Å². The number of fused-ring (bicyclic) bond motifs is 1. The summed E-state index contributed by atoms with van der Waals surface area (Å²) < 4.78 is 43.7. The molecule has 3 unspecified atom stereocenters. The number of carbonyl (C=O) groups excluding carboxylic acids is 2. The summed E-state index contributed by atoms with van der Waals surface area (Å²) in [7, 11) is 6.77. The van der Waals surface area contributed by atoms with E-state index in [9.17, 15) is 30.0 Å². The number of nitrogens with zero attached hydrogens (tertiary/aromatic N) is 1. The molecule has 4 N–H and O–H groups in total. The first-order chi connectivity index (χ1) is 23.6. The molecular weight excluding hydrogens is 666 g/mol. The Balaban J connectivity index is 1.82. The van der Waals surface area contributed by atoms with Gasteiger partial charge in [0.1, 0.15) is 29.7 Å². The molecule has 3 aliphatic heterocycles. The van der Waals surface area contributed by atoms with E-state index in [1.807, 2.05) is 32.8 Å². The fourth-order valence-electron chi connectivity index (χ4n) is 8.82. The Morgan fingerprint density at radius 2 is 1.43 bits per heavy atom. The van der Waals surface area contributed by atoms with Crippen LogP contribution in [0.3, 0.4) is 0 Å². The highest BCUT2D eigenvalue weighted by atomic mass is 16.7. The minimum absolute atomic E-state index is 0.123. The highest BCUT2D eigenvalue weighted by Gasteiger charge is 2.70. The van der Waals surface area contributed by atoms with Crippen LogP contribution in [0.1, 0.15) is 81.6 Å². The maximum Gasteiger partial charge on any atom is 0.311 e. The van der Waals surface area contributed by atoms with Gasteiger partial charge in [-0.05, 0) is 61.6 Å². The van der Waals surface area contributed by atoms with Crippen LogP contribution in [0.2, 0.25) is 0 Å². The lowest BCUT2D eigenvalue weighted by Gasteiger charge is -2.49. The van der Waals surface area contributed by atoms with E-state index in [1.165, 1.54) is 14.2 Å². The minimum Gasteiger partial charge on any atom is -0.458 e. The van der Waals surface area contributed by atoms with Crippen LogP contribution in [0.15, 0.2) is 0 Å². The number of ketones is 1. The number of hydrogen-bond donors (Lipinski definition) is 4. The molecule has 0 amide bonds. The summed E-state index contributed by atoms with van der Waals surface area (Å²) in [5.41, 5.74) is -4.07. The van der Waals surface area contributed by atoms with Crippen molar-refractivity contribution < 1.29 is 63.2 Å². The van der Waals surface area contributed by atoms with Gasteiger partial charge in [-0.3, -0.25) is 9.59 Å². The van der Waals surface area contributed by atoms with Crippen molar-refractivity contribution in [1.82, 2.24) is 4.90 Å². The number of methoxy groups -OCH3 is 2. The van der Waals surface area contributed by atoms with Crippen molar-refractivity contribution in [1.29, 1.82) is 0 Å². The molecule has 51 heavy (non-hydrogen) atoms. The van der Waals surface area contributed by atoms with Crippen LogP contribution in [-0.2, 0) is 42.7 Å². The van der Waals surface area contributed by atoms with Crippen LogP contribution in [-0.4, -0.2) is 150 Å². The third-order valence-corrected chi connectivity index (χ3v) is 12.6. The molecule has 0 bridgehead atoms. The molecule has 1 aliphatic carbocycles. The van der Waals surface area contributed by atoms with Crippen molar-refractivity contribution in [3.8, 4) is 0 Å². The number of likely N-dealkylation sites (N-methyl/N-ethyl adjacent to an activating group) is 1. The third kappa shape index (κ3) is 8.07. The molecule has 4 aliphatic rings. The average molecular weight is 732 g/mol. The Kier molecular flexibility index (Phi) is 13.2. The fourth-order valence-corrected chi connectivity index (χ4v) is 8.82. The van der Waals surface area contributed by atoms with E-state index in [1.54, 1.807) is 48.5 Å². The maximum absolute atomic E-state index is 14.0. The van der Waals surface area contributed by atoms with Gasteiger partial charge >= 0.3 is 5.97 Å². The quantitative estimate of drug-likeness (QED) is 0.278. The summed E-state index contributed by atoms with van der Waals surface area (Å²) in [5.74, 6) is -4.95. The highest BCUT2D eigenvalue weighted by molar-refractivity contribution is 5.84. The Bertz CT molecular complexity index is 1220. The predicted octanol–water partition coefficient (Wildman–Crippen LogP) is 1.66. The standard InChI is InChI=1S/C37H65NO13/c1-17-15-36(9,46-13)31(51-34-27(40)24(38(10)11)14-18(2)47-34)20(4)28(49-25-16-35(8,45-12)30(42)23(7)48-25)21(5)33(43)50-32-22(6)37(32,44)29(41)19(3)26(17)39/h17-25,27-32,34,40-42,44H,14-16H2,1-13H3/t17-,18-,19+,20+,21-,22?,23+,24+,25?,27-,28+,29-,30+,31-,32-,34?,35-,36+,37+/m1/s1. The second-order valence-electron chi connectivity index (χ2n) is 16.6. The average Bonchev–Trinajstić information content (AvgIpc) is 3.61. The van der Waals surface area contributed by atoms with Gasteiger partial charge in [0.2, 0.25) is 0 Å². The molecule has 3 heterocycles. The van der Waals surface area contributed by atoms with E-state index in [0.717, 1.165) is 0 Å². The van der Waals surface area contributed by atoms with E-state index in [-0.39, 0.29) is 30.8 Å². The largest absolute Gasteiger partial charge is 0.458 e. The Morgan fingerprint density at radius 3 is 2.00 bits per heavy atom. The van der Waals surface area contributed by atoms with Crippen LogP contribution < -0.4 is 0 Å². The zero-order valence-corrected chi connectivity index (χ0v) is 32.8. The van der Waals surface area contributed by atoms with E-state index in [0.29, 0.717) is 6.42 Å². The number of aliphatic hydroxyl groups is 4. The summed E-state index contributed by atoms with van der Waals surface area (Å²) >= 11 is 0. The lowest BCUT2D eigenvalue weighted by Crippen LogP contribution is -2.61. The molecule has 0 radical (unpaired) electrons. The molecule has 0 aromatic rings. The summed E-state index contributed by atoms with van der Waals surface area (Å²) in [4.78, 5) is 29.9. The number of aliphatic hydroxyl groups excluding tert-OH is 3. The Morgan fingerprint density at radius 1 is 0.824 bits per heavy atom. The number of carbonyl (C=O) groups is 2. The molecule has 0 aromatic carbocycles. The lowest BCUT2D eigenvalue weighted by atomic mass is 9.75. The topological polar surface area (TPSA) is 183 Å². The summed E-state index contributed by atoms with van der Waals surface area (Å²) in [6.07, 6.45) is -8.61. The Hall–Kier alpha value is -1.30. The zero-order chi connectivity index (χ0) is 38.5. The molecule has 0 aromatic heterocycles. The highest BCUT2D eigenvalue weighted by Crippen LogP contribution is 2.51. The van der Waals surface area contributed by atoms with Crippen molar-refractivity contribution in [3.05, 3.63) is 0 Å². The third-order valence-electron chi connectivity index (χ3n) is 12.6. The van der Waals surface area contributed by atoms with Crippen LogP contribution >= 0.6 is 0 Å². The van der Waals surface area contributed by atoms with Gasteiger partial charge in [-0.25, -0.2) is 0 Å². The fraction of sp³-hybridized carbons (Fsp3) is 0.946. The van der Waals surface area contributed by atoms with Crippen molar-refractivity contribution in [2.45, 2.75) is 166 Å². The first-order valence-corrected chi connectivity index (χ1v) is 18.5. The maximum atomic E-state index is 14.0. The number of esters is 1. The number of Topliss-reactive ketones (excluding diaryl/α,β-unsaturated/α-hetero) is 1. The van der Waals surface area contributed by atoms with E-state index in [2.05, 4.69) is 0 Å². The summed E-state index contributed by atoms with van der Waals surface area (Å²) in [6.45, 7) is 15.7. The van der Waals surface area contributed by atoms with Crippen molar-refractivity contribution in [3.63, 3.8) is 0 Å². The Labute approximate surface area is 303 Å². The minimum atomic E-state index is -1.81. The molecule has 1 saturated carbocycles. The molecule has 0 spiro atoms. The smallest absolute Gasteiger partial charge is 0.311 e. The second-order valence-corrected chi connectivity index (χ2v) is 16.6. The van der Waals surface area contributed by atoms with Crippen LogP contribution in [0.5, 0.6) is 0 Å². The van der Waals surface area contributed by atoms with Gasteiger partial charge in [0, 0.05) is 50.4 Å². The normalized spacial score (nSPS) is 51.8. The molecule has 4 fully saturated rings. The van der Waals surface area contributed by atoms with Crippen LogP contribution in [0.4, 0.5) is 0 Å². The molecule has 14 nitrogen and oxygen atoms in total. The van der Waals surface area contributed by atoms with Crippen molar-refractivity contribution in [2.75, 3.05) is 28.3 Å². The van der Waals surface area contributed by atoms with Crippen LogP contribution in [0.25, 0.3) is 0 Å². The molecular formula is C37H65NO13. The zero-order valence-electron chi connectivity index (χ0n) is 32.8. The number of ether oxygens (including phenoxy) is 7. The molecule has 19 atom stereocenters. The van der Waals surface area contributed by atoms with Gasteiger partial charge < -0.3 is 58.5 Å². The van der Waals surface area contributed by atoms with Gasteiger partial charge in [0.25, 0.3) is 0 Å². The van der Waals surface area contributed by atoms with E-state index in [4.69, 9.17) is 33.2 Å². The molecule has 296 valence electrons. The molecule has 3 saturated heterocycles. The number of rotatable bonds is 7. The van der Waals surface area contributed by atoms with Gasteiger partial charge in [0.15, 0.2) is 12.6 Å². The second kappa shape index (κ2) is 15.8. The first-order valence-electron chi connectivity index (χ1n) is 18.5. The number of hydrogen-bond acceptors (Lipinski definition) is 14. The monoisotopic (exact) mass is 731 g/mol. The predicted molar refractivity (Wildman–Crippen MR) is 184 cm³/mol.